The van der Waals surface area contributed by atoms with E-state index in [-0.39, 0.29) is 0 Å². The minimum atomic E-state index is 0.637. The van der Waals surface area contributed by atoms with Crippen molar-refractivity contribution in [3.63, 3.8) is 0 Å². The van der Waals surface area contributed by atoms with Gasteiger partial charge in [0.1, 0.15) is 11.2 Å². The minimum Gasteiger partial charge on any atom is -0.455 e. The third kappa shape index (κ3) is 4.72. The van der Waals surface area contributed by atoms with Gasteiger partial charge in [-0.05, 0) is 81.9 Å². The number of rotatable bonds is 5. The predicted molar refractivity (Wildman–Crippen MR) is 192 cm³/mol. The summed E-state index contributed by atoms with van der Waals surface area (Å²) in [6, 6.07) is 53.9. The minimum absolute atomic E-state index is 0.637. The van der Waals surface area contributed by atoms with Gasteiger partial charge in [-0.15, -0.1) is 5.10 Å². The molecule has 0 aliphatic carbocycles. The summed E-state index contributed by atoms with van der Waals surface area (Å²) in [6.07, 6.45) is 1.94. The number of aromatic nitrogens is 3. The summed E-state index contributed by atoms with van der Waals surface area (Å²) in [7, 11) is 0. The highest BCUT2D eigenvalue weighted by atomic mass is 16.3. The zero-order chi connectivity index (χ0) is 32.0. The van der Waals surface area contributed by atoms with Crippen LogP contribution in [0.3, 0.4) is 0 Å². The Hall–Kier alpha value is -6.77. The van der Waals surface area contributed by atoms with Crippen LogP contribution in [-0.4, -0.2) is 14.6 Å². The standard InChI is InChI=1S/C43H26N4O/c44-27-28-17-19-30(20-18-28)36-14-6-15-38-39-26-34(21-22-40(39)48-41(36)38)32-11-4-10-31(24-32)33-12-5-13-35(25-33)42-45-43-37(16-7-23-47(43)46-42)29-8-2-1-3-9-29/h1-26H. The molecule has 0 bridgehead atoms. The zero-order valence-corrected chi connectivity index (χ0v) is 25.7. The number of pyridine rings is 1. The molecule has 9 rings (SSSR count). The van der Waals surface area contributed by atoms with Gasteiger partial charge in [0.25, 0.3) is 0 Å². The van der Waals surface area contributed by atoms with Crippen molar-refractivity contribution in [1.82, 2.24) is 14.6 Å². The van der Waals surface area contributed by atoms with Crippen LogP contribution in [0.1, 0.15) is 5.56 Å². The van der Waals surface area contributed by atoms with E-state index in [1.165, 1.54) is 0 Å². The Bertz CT molecular complexity index is 2680. The SMILES string of the molecule is N#Cc1ccc(-c2cccc3c2oc2ccc(-c4cccc(-c5cccc(-c6nc7c(-c8ccccc8)cccn7n6)c5)c4)cc23)cc1. The first-order chi connectivity index (χ1) is 23.7. The molecule has 0 unspecified atom stereocenters. The van der Waals surface area contributed by atoms with Gasteiger partial charge in [0.05, 0.1) is 11.6 Å². The summed E-state index contributed by atoms with van der Waals surface area (Å²) in [5.41, 5.74) is 12.7. The molecule has 0 radical (unpaired) electrons. The second kappa shape index (κ2) is 11.2. The Balaban J connectivity index is 1.07. The van der Waals surface area contributed by atoms with Gasteiger partial charge < -0.3 is 4.42 Å². The molecular weight excluding hydrogens is 589 g/mol. The van der Waals surface area contributed by atoms with Gasteiger partial charge >= 0.3 is 0 Å². The molecule has 224 valence electrons. The van der Waals surface area contributed by atoms with Crippen LogP contribution in [-0.2, 0) is 0 Å². The smallest absolute Gasteiger partial charge is 0.182 e. The molecule has 0 N–H and O–H groups in total. The van der Waals surface area contributed by atoms with Crippen LogP contribution in [0.2, 0.25) is 0 Å². The van der Waals surface area contributed by atoms with Crippen molar-refractivity contribution in [3.8, 4) is 62.0 Å². The van der Waals surface area contributed by atoms with E-state index in [0.29, 0.717) is 11.4 Å². The van der Waals surface area contributed by atoms with E-state index >= 15 is 0 Å². The Kier molecular flexibility index (Phi) is 6.45. The second-order valence-corrected chi connectivity index (χ2v) is 11.8. The molecule has 6 aromatic carbocycles. The van der Waals surface area contributed by atoms with Crippen LogP contribution in [0.5, 0.6) is 0 Å². The van der Waals surface area contributed by atoms with Gasteiger partial charge in [0.2, 0.25) is 0 Å². The molecule has 48 heavy (non-hydrogen) atoms. The number of nitrogens with zero attached hydrogens (tertiary/aromatic N) is 4. The first-order valence-electron chi connectivity index (χ1n) is 15.8. The van der Waals surface area contributed by atoms with Gasteiger partial charge in [-0.3, -0.25) is 0 Å². The Morgan fingerprint density at radius 3 is 1.92 bits per heavy atom. The van der Waals surface area contributed by atoms with Crippen molar-refractivity contribution >= 4 is 27.6 Å². The summed E-state index contributed by atoms with van der Waals surface area (Å²) >= 11 is 0. The third-order valence-electron chi connectivity index (χ3n) is 8.92. The molecule has 0 aliphatic heterocycles. The fourth-order valence-corrected chi connectivity index (χ4v) is 6.52. The molecular formula is C43H26N4O. The summed E-state index contributed by atoms with van der Waals surface area (Å²) in [5, 5.41) is 16.2. The predicted octanol–water partition coefficient (Wildman–Crippen LogP) is 10.8. The van der Waals surface area contributed by atoms with Crippen molar-refractivity contribution in [2.24, 2.45) is 0 Å². The van der Waals surface area contributed by atoms with Crippen LogP contribution in [0.4, 0.5) is 0 Å². The maximum atomic E-state index is 9.22. The van der Waals surface area contributed by atoms with E-state index < -0.39 is 0 Å². The first-order valence-corrected chi connectivity index (χ1v) is 15.8. The average molecular weight is 615 g/mol. The van der Waals surface area contributed by atoms with Crippen molar-refractivity contribution in [3.05, 3.63) is 163 Å². The van der Waals surface area contributed by atoms with Gasteiger partial charge in [0, 0.05) is 33.7 Å². The summed E-state index contributed by atoms with van der Waals surface area (Å²) < 4.78 is 8.26. The topological polar surface area (TPSA) is 67.1 Å². The summed E-state index contributed by atoms with van der Waals surface area (Å²) in [6.45, 7) is 0. The van der Waals surface area contributed by atoms with Crippen LogP contribution in [0.25, 0.3) is 83.5 Å². The van der Waals surface area contributed by atoms with Crippen molar-refractivity contribution in [2.75, 3.05) is 0 Å². The Morgan fingerprint density at radius 1 is 0.521 bits per heavy atom. The molecule has 3 heterocycles. The molecule has 0 aliphatic rings. The number of benzene rings is 6. The van der Waals surface area contributed by atoms with E-state index in [4.69, 9.17) is 14.5 Å². The number of hydrogen-bond donors (Lipinski definition) is 0. The van der Waals surface area contributed by atoms with Crippen molar-refractivity contribution < 1.29 is 4.42 Å². The van der Waals surface area contributed by atoms with E-state index in [1.807, 2.05) is 59.2 Å². The molecule has 3 aromatic heterocycles. The third-order valence-corrected chi connectivity index (χ3v) is 8.92. The van der Waals surface area contributed by atoms with Crippen molar-refractivity contribution in [2.45, 2.75) is 0 Å². The maximum absolute atomic E-state index is 9.22. The van der Waals surface area contributed by atoms with Gasteiger partial charge in [0.15, 0.2) is 11.5 Å². The van der Waals surface area contributed by atoms with E-state index in [0.717, 1.165) is 77.7 Å². The number of nitriles is 1. The monoisotopic (exact) mass is 614 g/mol. The van der Waals surface area contributed by atoms with Crippen LogP contribution < -0.4 is 0 Å². The van der Waals surface area contributed by atoms with E-state index in [1.54, 1.807) is 0 Å². The molecule has 0 amide bonds. The number of fused-ring (bicyclic) bond motifs is 4. The van der Waals surface area contributed by atoms with Gasteiger partial charge in [-0.1, -0.05) is 103 Å². The van der Waals surface area contributed by atoms with Gasteiger partial charge in [-0.25, -0.2) is 9.50 Å². The summed E-state index contributed by atoms with van der Waals surface area (Å²) in [4.78, 5) is 4.97. The molecule has 5 nitrogen and oxygen atoms in total. The molecule has 0 saturated heterocycles. The quantitative estimate of drug-likeness (QED) is 0.193. The normalized spacial score (nSPS) is 11.3. The van der Waals surface area contributed by atoms with E-state index in [9.17, 15) is 5.26 Å². The maximum Gasteiger partial charge on any atom is 0.182 e. The van der Waals surface area contributed by atoms with E-state index in [2.05, 4.69) is 109 Å². The summed E-state index contributed by atoms with van der Waals surface area (Å²) in [5.74, 6) is 0.689. The fourth-order valence-electron chi connectivity index (χ4n) is 6.52. The molecule has 0 fully saturated rings. The van der Waals surface area contributed by atoms with Crippen LogP contribution >= 0.6 is 0 Å². The molecule has 0 atom stereocenters. The average Bonchev–Trinajstić information content (AvgIpc) is 3.77. The molecule has 9 aromatic rings. The molecule has 0 spiro atoms. The molecule has 0 saturated carbocycles. The van der Waals surface area contributed by atoms with Gasteiger partial charge in [-0.2, -0.15) is 5.26 Å². The lowest BCUT2D eigenvalue weighted by atomic mass is 9.96. The number of furan rings is 1. The highest BCUT2D eigenvalue weighted by Gasteiger charge is 2.15. The lowest BCUT2D eigenvalue weighted by Gasteiger charge is -2.08. The first kappa shape index (κ1) is 27.5. The largest absolute Gasteiger partial charge is 0.455 e. The highest BCUT2D eigenvalue weighted by molar-refractivity contribution is 6.10. The Morgan fingerprint density at radius 2 is 1.15 bits per heavy atom. The van der Waals surface area contributed by atoms with Crippen molar-refractivity contribution in [1.29, 1.82) is 5.26 Å². The lowest BCUT2D eigenvalue weighted by molar-refractivity contribution is 0.670. The van der Waals surface area contributed by atoms with Crippen LogP contribution in [0.15, 0.2) is 162 Å². The second-order valence-electron chi connectivity index (χ2n) is 11.8. The fraction of sp³-hybridized carbons (Fsp3) is 0. The highest BCUT2D eigenvalue weighted by Crippen LogP contribution is 2.38. The van der Waals surface area contributed by atoms with Crippen LogP contribution in [0, 0.1) is 11.3 Å². The molecule has 5 heteroatoms. The number of hydrogen-bond acceptors (Lipinski definition) is 4. The number of para-hydroxylation sites is 1. The lowest BCUT2D eigenvalue weighted by Crippen LogP contribution is -1.89. The zero-order valence-electron chi connectivity index (χ0n) is 25.7. The Labute approximate surface area is 276 Å².